The fourth-order valence-electron chi connectivity index (χ4n) is 3.01. The van der Waals surface area contributed by atoms with Gasteiger partial charge in [0.05, 0.1) is 5.69 Å². The summed E-state index contributed by atoms with van der Waals surface area (Å²) in [6.07, 6.45) is 2.57. The molecule has 0 saturated heterocycles. The molecule has 0 bridgehead atoms. The Morgan fingerprint density at radius 3 is 2.63 bits per heavy atom. The maximum absolute atomic E-state index is 13.1. The van der Waals surface area contributed by atoms with Crippen LogP contribution in [0.3, 0.4) is 0 Å². The lowest BCUT2D eigenvalue weighted by Crippen LogP contribution is -2.46. The summed E-state index contributed by atoms with van der Waals surface area (Å²) >= 11 is 1.55. The average Bonchev–Trinajstić information content (AvgIpc) is 3.13. The van der Waals surface area contributed by atoms with Gasteiger partial charge in [-0.2, -0.15) is 5.10 Å². The molecule has 1 amide bonds. The minimum absolute atomic E-state index is 0.184. The van der Waals surface area contributed by atoms with E-state index in [1.165, 1.54) is 7.11 Å². The second-order valence-electron chi connectivity index (χ2n) is 6.29. The van der Waals surface area contributed by atoms with Crippen LogP contribution in [0.15, 0.2) is 59.8 Å². The number of ether oxygens (including phenoxy) is 1. The fourth-order valence-corrected chi connectivity index (χ4v) is 4.40. The van der Waals surface area contributed by atoms with E-state index in [0.29, 0.717) is 18.0 Å². The zero-order valence-electron chi connectivity index (χ0n) is 15.5. The molecule has 142 valence electrons. The van der Waals surface area contributed by atoms with Crippen molar-refractivity contribution < 1.29 is 9.53 Å². The number of hydrogen-bond donors (Lipinski definition) is 1. The molecule has 27 heavy (non-hydrogen) atoms. The molecule has 2 atom stereocenters. The predicted octanol–water partition coefficient (Wildman–Crippen LogP) is 2.95. The summed E-state index contributed by atoms with van der Waals surface area (Å²) in [7, 11) is 1.53. The first-order valence-electron chi connectivity index (χ1n) is 8.94. The molecule has 6 nitrogen and oxygen atoms in total. The van der Waals surface area contributed by atoms with E-state index in [-0.39, 0.29) is 5.91 Å². The monoisotopic (exact) mass is 384 g/mol. The van der Waals surface area contributed by atoms with Crippen LogP contribution in [0.25, 0.3) is 0 Å². The van der Waals surface area contributed by atoms with Crippen molar-refractivity contribution in [3.63, 3.8) is 0 Å². The number of nitrogens with zero attached hydrogens (tertiary/aromatic N) is 3. The third-order valence-corrected chi connectivity index (χ3v) is 5.97. The number of nitrogens with two attached hydrogens (primary N) is 1. The van der Waals surface area contributed by atoms with Crippen LogP contribution in [0.5, 0.6) is 0 Å². The maximum atomic E-state index is 13.1. The summed E-state index contributed by atoms with van der Waals surface area (Å²) in [4.78, 5) is 16.9. The lowest BCUT2D eigenvalue weighted by Gasteiger charge is -2.36. The van der Waals surface area contributed by atoms with Gasteiger partial charge in [0, 0.05) is 13.3 Å². The van der Waals surface area contributed by atoms with Crippen LogP contribution in [-0.2, 0) is 14.4 Å². The Morgan fingerprint density at radius 1 is 1.26 bits per heavy atom. The molecule has 1 aromatic heterocycles. The van der Waals surface area contributed by atoms with Gasteiger partial charge >= 0.3 is 0 Å². The Balaban J connectivity index is 2.10. The van der Waals surface area contributed by atoms with Gasteiger partial charge in [-0.1, -0.05) is 48.2 Å². The molecule has 1 aromatic carbocycles. The van der Waals surface area contributed by atoms with Crippen LogP contribution >= 0.6 is 11.8 Å². The average molecular weight is 385 g/mol. The molecular formula is C20H24N4O2S. The number of carbonyl (C=O) groups excluding carboxylic acids is 1. The molecule has 7 heteroatoms. The number of amides is 1. The number of carbonyl (C=O) groups is 1. The zero-order valence-corrected chi connectivity index (χ0v) is 16.4. The van der Waals surface area contributed by atoms with Crippen molar-refractivity contribution in [3.05, 3.63) is 66.0 Å². The third-order valence-electron chi connectivity index (χ3n) is 4.54. The highest BCUT2D eigenvalue weighted by atomic mass is 32.2. The predicted molar refractivity (Wildman–Crippen MR) is 108 cm³/mol. The molecule has 1 aliphatic rings. The van der Waals surface area contributed by atoms with Crippen LogP contribution in [0.2, 0.25) is 0 Å². The lowest BCUT2D eigenvalue weighted by atomic mass is 10.00. The summed E-state index contributed by atoms with van der Waals surface area (Å²) in [5.74, 6) is -0.184. The molecule has 0 radical (unpaired) electrons. The Kier molecular flexibility index (Phi) is 6.26. The minimum atomic E-state index is -0.669. The highest BCUT2D eigenvalue weighted by Crippen LogP contribution is 2.50. The Labute approximate surface area is 163 Å². The van der Waals surface area contributed by atoms with E-state index in [1.807, 2.05) is 48.5 Å². The van der Waals surface area contributed by atoms with Gasteiger partial charge in [-0.05, 0) is 44.0 Å². The molecule has 2 heterocycles. The van der Waals surface area contributed by atoms with Crippen LogP contribution in [-0.4, -0.2) is 40.7 Å². The van der Waals surface area contributed by atoms with Crippen molar-refractivity contribution in [1.29, 1.82) is 0 Å². The van der Waals surface area contributed by atoms with Crippen molar-refractivity contribution in [2.24, 2.45) is 10.8 Å². The smallest absolute Gasteiger partial charge is 0.273 e. The lowest BCUT2D eigenvalue weighted by molar-refractivity contribution is -0.144. The summed E-state index contributed by atoms with van der Waals surface area (Å²) in [6.45, 7) is 2.27. The number of methoxy groups -OCH3 is 1. The molecule has 0 fully saturated rings. The summed E-state index contributed by atoms with van der Waals surface area (Å²) < 4.78 is 5.29. The molecule has 0 spiro atoms. The van der Waals surface area contributed by atoms with E-state index in [4.69, 9.17) is 15.6 Å². The molecule has 0 saturated carbocycles. The largest absolute Gasteiger partial charge is 0.372 e. The van der Waals surface area contributed by atoms with E-state index in [2.05, 4.69) is 4.98 Å². The normalized spacial score (nSPS) is 20.4. The topological polar surface area (TPSA) is 80.8 Å². The van der Waals surface area contributed by atoms with Crippen molar-refractivity contribution in [3.8, 4) is 0 Å². The number of aromatic nitrogens is 1. The second-order valence-corrected chi connectivity index (χ2v) is 7.56. The van der Waals surface area contributed by atoms with Gasteiger partial charge < -0.3 is 10.5 Å². The van der Waals surface area contributed by atoms with Crippen molar-refractivity contribution >= 4 is 22.7 Å². The molecule has 1 unspecified atom stereocenters. The van der Waals surface area contributed by atoms with Gasteiger partial charge in [-0.3, -0.25) is 9.78 Å². The van der Waals surface area contributed by atoms with Crippen molar-refractivity contribution in [2.75, 3.05) is 13.7 Å². The Bertz CT molecular complexity index is 800. The Hall–Kier alpha value is -2.22. The number of rotatable bonds is 7. The first kappa shape index (κ1) is 19.5. The number of hydrazone groups is 1. The van der Waals surface area contributed by atoms with E-state index in [0.717, 1.165) is 17.7 Å². The van der Waals surface area contributed by atoms with Gasteiger partial charge in [0.1, 0.15) is 16.0 Å². The highest BCUT2D eigenvalue weighted by molar-refractivity contribution is 8.15. The first-order chi connectivity index (χ1) is 13.1. The summed E-state index contributed by atoms with van der Waals surface area (Å²) in [5, 5.41) is 6.98. The number of hydrogen-bond acceptors (Lipinski definition) is 6. The van der Waals surface area contributed by atoms with Gasteiger partial charge in [-0.25, -0.2) is 5.01 Å². The molecule has 1 aliphatic heterocycles. The van der Waals surface area contributed by atoms with Crippen LogP contribution in [0.4, 0.5) is 0 Å². The third kappa shape index (κ3) is 3.90. The van der Waals surface area contributed by atoms with E-state index in [1.54, 1.807) is 29.9 Å². The van der Waals surface area contributed by atoms with Gasteiger partial charge in [0.2, 0.25) is 0 Å². The number of thioether (sulfide) groups is 1. The van der Waals surface area contributed by atoms with E-state index >= 15 is 0 Å². The Morgan fingerprint density at radius 2 is 2.00 bits per heavy atom. The first-order valence-corrected chi connectivity index (χ1v) is 9.75. The number of pyridine rings is 1. The maximum Gasteiger partial charge on any atom is 0.273 e. The van der Waals surface area contributed by atoms with Gasteiger partial charge in [0.25, 0.3) is 5.91 Å². The molecule has 3 rings (SSSR count). The number of benzene rings is 1. The summed E-state index contributed by atoms with van der Waals surface area (Å²) in [5.41, 5.74) is 7.57. The van der Waals surface area contributed by atoms with Crippen LogP contribution in [0.1, 0.15) is 31.0 Å². The van der Waals surface area contributed by atoms with E-state index in [9.17, 15) is 4.79 Å². The standard InChI is InChI=1S/C20H24N4O2S/c1-15(26-2)19(25)24-20(12-8-13-21,16-9-4-3-5-10-16)27-18(23-24)17-11-6-7-14-22-17/h3-7,9-11,14-15H,8,12-13,21H2,1-2H3/t15-,20?/m0/s1. The van der Waals surface area contributed by atoms with Gasteiger partial charge in [-0.15, -0.1) is 0 Å². The fraction of sp³-hybridized carbons (Fsp3) is 0.350. The molecule has 0 aliphatic carbocycles. The highest BCUT2D eigenvalue weighted by Gasteiger charge is 2.49. The van der Waals surface area contributed by atoms with Gasteiger partial charge in [0.15, 0.2) is 0 Å². The summed E-state index contributed by atoms with van der Waals surface area (Å²) in [6, 6.07) is 15.6. The molecule has 2 aromatic rings. The van der Waals surface area contributed by atoms with Crippen LogP contribution in [0, 0.1) is 0 Å². The second kappa shape index (κ2) is 8.65. The van der Waals surface area contributed by atoms with Crippen molar-refractivity contribution in [1.82, 2.24) is 9.99 Å². The van der Waals surface area contributed by atoms with Crippen molar-refractivity contribution in [2.45, 2.75) is 30.7 Å². The SMILES string of the molecule is CO[C@@H](C)C(=O)N1N=C(c2ccccn2)SC1(CCCN)c1ccccc1. The zero-order chi connectivity index (χ0) is 19.3. The quantitative estimate of drug-likeness (QED) is 0.794. The molecule has 2 N–H and O–H groups in total. The molecular weight excluding hydrogens is 360 g/mol. The van der Waals surface area contributed by atoms with E-state index < -0.39 is 11.0 Å². The minimum Gasteiger partial charge on any atom is -0.372 e. The van der Waals surface area contributed by atoms with Crippen LogP contribution < -0.4 is 5.73 Å².